The number of carbonyl (C=O) groups is 1. The van der Waals surface area contributed by atoms with E-state index in [4.69, 9.17) is 0 Å². The zero-order chi connectivity index (χ0) is 24.1. The van der Waals surface area contributed by atoms with Crippen molar-refractivity contribution < 1.29 is 13.2 Å². The van der Waals surface area contributed by atoms with Gasteiger partial charge in [-0.2, -0.15) is 4.31 Å². The smallest absolute Gasteiger partial charge is 0.243 e. The van der Waals surface area contributed by atoms with Gasteiger partial charge in [0.25, 0.3) is 0 Å². The summed E-state index contributed by atoms with van der Waals surface area (Å²) in [6.07, 6.45) is 4.20. The van der Waals surface area contributed by atoms with Crippen molar-refractivity contribution in [3.8, 4) is 0 Å². The average Bonchev–Trinajstić information content (AvgIpc) is 3.34. The van der Waals surface area contributed by atoms with E-state index in [1.54, 1.807) is 10.4 Å². The number of fused-ring (bicyclic) bond motifs is 1. The molecule has 0 radical (unpaired) electrons. The van der Waals surface area contributed by atoms with Crippen LogP contribution in [0, 0.1) is 5.92 Å². The SMILES string of the molecule is CCN(CC)Cc1ccc(CNC(=O)C2CCN(S(=O)(=O)c3ccc4c(c3)CCC4)CC2)cc1. The van der Waals surface area contributed by atoms with Gasteiger partial charge >= 0.3 is 0 Å². The molecule has 34 heavy (non-hydrogen) atoms. The van der Waals surface area contributed by atoms with Gasteiger partial charge in [-0.25, -0.2) is 8.42 Å². The Kier molecular flexibility index (Phi) is 8.06. The van der Waals surface area contributed by atoms with Gasteiger partial charge in [0, 0.05) is 32.1 Å². The topological polar surface area (TPSA) is 69.7 Å². The highest BCUT2D eigenvalue weighted by Gasteiger charge is 2.32. The minimum absolute atomic E-state index is 0.0156. The molecule has 0 aromatic heterocycles. The van der Waals surface area contributed by atoms with E-state index in [1.165, 1.54) is 11.1 Å². The van der Waals surface area contributed by atoms with Crippen LogP contribution in [0.4, 0.5) is 0 Å². The summed E-state index contributed by atoms with van der Waals surface area (Å²) in [5.41, 5.74) is 4.79. The number of carbonyl (C=O) groups excluding carboxylic acids is 1. The number of piperidine rings is 1. The Balaban J connectivity index is 1.26. The zero-order valence-corrected chi connectivity index (χ0v) is 21.2. The van der Waals surface area contributed by atoms with E-state index in [9.17, 15) is 13.2 Å². The van der Waals surface area contributed by atoms with Gasteiger partial charge in [0.15, 0.2) is 0 Å². The summed E-state index contributed by atoms with van der Waals surface area (Å²) < 4.78 is 27.8. The molecule has 2 aromatic rings. The maximum atomic E-state index is 13.1. The molecule has 4 rings (SSSR count). The summed E-state index contributed by atoms with van der Waals surface area (Å²) in [5.74, 6) is -0.129. The molecule has 1 N–H and O–H groups in total. The number of aryl methyl sites for hydroxylation is 2. The van der Waals surface area contributed by atoms with E-state index in [0.717, 1.165) is 50.0 Å². The number of nitrogens with one attached hydrogen (secondary N) is 1. The molecular formula is C27H37N3O3S. The van der Waals surface area contributed by atoms with Crippen molar-refractivity contribution in [1.29, 1.82) is 0 Å². The molecule has 0 unspecified atom stereocenters. The predicted octanol–water partition coefficient (Wildman–Crippen LogP) is 3.73. The maximum absolute atomic E-state index is 13.1. The van der Waals surface area contributed by atoms with E-state index in [-0.39, 0.29) is 11.8 Å². The van der Waals surface area contributed by atoms with Crippen LogP contribution in [0.25, 0.3) is 0 Å². The van der Waals surface area contributed by atoms with Crippen molar-refractivity contribution in [3.05, 3.63) is 64.7 Å². The van der Waals surface area contributed by atoms with Crippen molar-refractivity contribution >= 4 is 15.9 Å². The molecule has 0 saturated carbocycles. The van der Waals surface area contributed by atoms with E-state index in [0.29, 0.717) is 37.4 Å². The molecule has 1 aliphatic carbocycles. The molecule has 1 aliphatic heterocycles. The summed E-state index contributed by atoms with van der Waals surface area (Å²) in [5, 5.41) is 3.05. The minimum atomic E-state index is -3.51. The molecule has 6 nitrogen and oxygen atoms in total. The summed E-state index contributed by atoms with van der Waals surface area (Å²) in [6, 6.07) is 14.0. The largest absolute Gasteiger partial charge is 0.352 e. The number of amides is 1. The number of rotatable bonds is 9. The van der Waals surface area contributed by atoms with Crippen LogP contribution in [0.15, 0.2) is 47.4 Å². The Bertz CT molecular complexity index is 1090. The quantitative estimate of drug-likeness (QED) is 0.590. The third-order valence-electron chi connectivity index (χ3n) is 7.32. The van der Waals surface area contributed by atoms with Crippen molar-refractivity contribution in [3.63, 3.8) is 0 Å². The lowest BCUT2D eigenvalue weighted by Gasteiger charge is -2.30. The van der Waals surface area contributed by atoms with E-state index >= 15 is 0 Å². The third kappa shape index (κ3) is 5.70. The first kappa shape index (κ1) is 24.9. The second kappa shape index (κ2) is 11.0. The normalized spacial score (nSPS) is 17.1. The van der Waals surface area contributed by atoms with Crippen LogP contribution in [0.3, 0.4) is 0 Å². The lowest BCUT2D eigenvalue weighted by Crippen LogP contribution is -2.42. The number of sulfonamides is 1. The molecule has 1 amide bonds. The lowest BCUT2D eigenvalue weighted by atomic mass is 9.97. The number of hydrogen-bond donors (Lipinski definition) is 1. The molecule has 0 spiro atoms. The average molecular weight is 484 g/mol. The second-order valence-corrected chi connectivity index (χ2v) is 11.4. The number of nitrogens with zero attached hydrogens (tertiary/aromatic N) is 2. The monoisotopic (exact) mass is 483 g/mol. The molecule has 184 valence electrons. The fraction of sp³-hybridized carbons (Fsp3) is 0.519. The van der Waals surface area contributed by atoms with Crippen LogP contribution in [0.5, 0.6) is 0 Å². The van der Waals surface area contributed by atoms with Gasteiger partial charge in [0.1, 0.15) is 0 Å². The van der Waals surface area contributed by atoms with Crippen LogP contribution in [-0.2, 0) is 40.7 Å². The Morgan fingerprint density at radius 2 is 1.62 bits per heavy atom. The van der Waals surface area contributed by atoms with Gasteiger partial charge in [-0.05, 0) is 79.6 Å². The predicted molar refractivity (Wildman–Crippen MR) is 135 cm³/mol. The van der Waals surface area contributed by atoms with Crippen LogP contribution in [0.2, 0.25) is 0 Å². The first-order valence-electron chi connectivity index (χ1n) is 12.6. The highest BCUT2D eigenvalue weighted by atomic mass is 32.2. The molecule has 1 fully saturated rings. The van der Waals surface area contributed by atoms with E-state index in [2.05, 4.69) is 48.3 Å². The molecule has 7 heteroatoms. The summed E-state index contributed by atoms with van der Waals surface area (Å²) in [4.78, 5) is 15.5. The second-order valence-electron chi connectivity index (χ2n) is 9.46. The third-order valence-corrected chi connectivity index (χ3v) is 9.22. The van der Waals surface area contributed by atoms with Crippen molar-refractivity contribution in [1.82, 2.24) is 14.5 Å². The zero-order valence-electron chi connectivity index (χ0n) is 20.4. The first-order chi connectivity index (χ1) is 16.4. The standard InChI is InChI=1S/C27H37N3O3S/c1-3-29(4-2)20-22-10-8-21(9-11-22)19-28-27(31)24-14-16-30(17-15-24)34(32,33)26-13-12-23-6-5-7-25(23)18-26/h8-13,18,24H,3-7,14-17,19-20H2,1-2H3,(H,28,31). The van der Waals surface area contributed by atoms with Gasteiger partial charge in [-0.3, -0.25) is 9.69 Å². The van der Waals surface area contributed by atoms with Crippen LogP contribution in [-0.4, -0.2) is 49.7 Å². The van der Waals surface area contributed by atoms with E-state index in [1.807, 2.05) is 12.1 Å². The van der Waals surface area contributed by atoms with Gasteiger partial charge in [-0.15, -0.1) is 0 Å². The lowest BCUT2D eigenvalue weighted by molar-refractivity contribution is -0.126. The highest BCUT2D eigenvalue weighted by Crippen LogP contribution is 2.28. The van der Waals surface area contributed by atoms with Crippen LogP contribution >= 0.6 is 0 Å². The van der Waals surface area contributed by atoms with Gasteiger partial charge in [0.05, 0.1) is 4.90 Å². The van der Waals surface area contributed by atoms with E-state index < -0.39 is 10.0 Å². The summed E-state index contributed by atoms with van der Waals surface area (Å²) >= 11 is 0. The van der Waals surface area contributed by atoms with Gasteiger partial charge in [-0.1, -0.05) is 44.2 Å². The summed E-state index contributed by atoms with van der Waals surface area (Å²) in [7, 11) is -3.51. The fourth-order valence-electron chi connectivity index (χ4n) is 5.02. The Morgan fingerprint density at radius 1 is 0.971 bits per heavy atom. The minimum Gasteiger partial charge on any atom is -0.352 e. The van der Waals surface area contributed by atoms with Crippen LogP contribution < -0.4 is 5.32 Å². The van der Waals surface area contributed by atoms with Gasteiger partial charge in [0.2, 0.25) is 15.9 Å². The highest BCUT2D eigenvalue weighted by molar-refractivity contribution is 7.89. The fourth-order valence-corrected chi connectivity index (χ4v) is 6.54. The molecular weight excluding hydrogens is 446 g/mol. The molecule has 2 aliphatic rings. The first-order valence-corrected chi connectivity index (χ1v) is 14.0. The number of hydrogen-bond acceptors (Lipinski definition) is 4. The van der Waals surface area contributed by atoms with Crippen molar-refractivity contribution in [2.75, 3.05) is 26.2 Å². The van der Waals surface area contributed by atoms with Crippen LogP contribution in [0.1, 0.15) is 55.4 Å². The maximum Gasteiger partial charge on any atom is 0.243 e. The molecule has 1 heterocycles. The molecule has 0 atom stereocenters. The van der Waals surface area contributed by atoms with Crippen molar-refractivity contribution in [2.45, 2.75) is 63.9 Å². The Labute approximate surface area is 204 Å². The number of benzene rings is 2. The van der Waals surface area contributed by atoms with Gasteiger partial charge < -0.3 is 5.32 Å². The molecule has 2 aromatic carbocycles. The Hall–Kier alpha value is -2.22. The molecule has 1 saturated heterocycles. The Morgan fingerprint density at radius 3 is 2.29 bits per heavy atom. The summed E-state index contributed by atoms with van der Waals surface area (Å²) in [6.45, 7) is 8.60. The van der Waals surface area contributed by atoms with Crippen molar-refractivity contribution in [2.24, 2.45) is 5.92 Å². The molecule has 0 bridgehead atoms.